The predicted octanol–water partition coefficient (Wildman–Crippen LogP) is 3.80. The number of aryl methyl sites for hydroxylation is 1. The molecule has 2 N–H and O–H groups in total. The van der Waals surface area contributed by atoms with Crippen molar-refractivity contribution < 1.29 is 4.79 Å². The third-order valence-corrected chi connectivity index (χ3v) is 3.70. The minimum absolute atomic E-state index is 0.0327. The molecule has 22 heavy (non-hydrogen) atoms. The Morgan fingerprint density at radius 2 is 2.14 bits per heavy atom. The third kappa shape index (κ3) is 2.99. The molecule has 3 rings (SSSR count). The summed E-state index contributed by atoms with van der Waals surface area (Å²) in [5.74, 6) is 0.504. The normalized spacial score (nSPS) is 10.8. The van der Waals surface area contributed by atoms with Gasteiger partial charge in [0.1, 0.15) is 0 Å². The number of carbonyl (C=O) groups is 1. The van der Waals surface area contributed by atoms with Crippen LogP contribution in [0, 0.1) is 6.92 Å². The van der Waals surface area contributed by atoms with Crippen LogP contribution in [0.4, 0.5) is 5.69 Å². The van der Waals surface area contributed by atoms with Gasteiger partial charge in [0, 0.05) is 23.1 Å². The van der Waals surface area contributed by atoms with Crippen LogP contribution in [0.25, 0.3) is 22.2 Å². The molecule has 1 aromatic heterocycles. The van der Waals surface area contributed by atoms with E-state index in [9.17, 15) is 4.79 Å². The van der Waals surface area contributed by atoms with E-state index in [1.165, 1.54) is 5.56 Å². The van der Waals surface area contributed by atoms with Gasteiger partial charge < -0.3 is 5.32 Å². The van der Waals surface area contributed by atoms with E-state index < -0.39 is 0 Å². The number of hydrogen-bond acceptors (Lipinski definition) is 3. The van der Waals surface area contributed by atoms with Gasteiger partial charge in [-0.25, -0.2) is 0 Å². The highest BCUT2D eigenvalue weighted by molar-refractivity contribution is 7.80. The highest BCUT2D eigenvalue weighted by Crippen LogP contribution is 2.28. The van der Waals surface area contributed by atoms with Crippen molar-refractivity contribution in [1.82, 2.24) is 10.2 Å². The first-order valence-corrected chi connectivity index (χ1v) is 7.76. The quantitative estimate of drug-likeness (QED) is 0.642. The van der Waals surface area contributed by atoms with E-state index in [0.29, 0.717) is 12.2 Å². The van der Waals surface area contributed by atoms with E-state index in [0.717, 1.165) is 27.8 Å². The lowest BCUT2D eigenvalue weighted by molar-refractivity contribution is -0.115. The Hall–Kier alpha value is -2.27. The number of rotatable bonds is 4. The van der Waals surface area contributed by atoms with Gasteiger partial charge in [-0.15, -0.1) is 0 Å². The zero-order chi connectivity index (χ0) is 15.5. The van der Waals surface area contributed by atoms with Gasteiger partial charge in [0.15, 0.2) is 0 Å². The second-order valence-electron chi connectivity index (χ2n) is 5.22. The molecule has 112 valence electrons. The first-order valence-electron chi connectivity index (χ1n) is 7.13. The average Bonchev–Trinajstić information content (AvgIpc) is 2.90. The van der Waals surface area contributed by atoms with E-state index in [1.807, 2.05) is 24.3 Å². The molecule has 1 heterocycles. The molecule has 1 amide bonds. The van der Waals surface area contributed by atoms with E-state index in [4.69, 9.17) is 0 Å². The molecule has 0 bridgehead atoms. The number of carbonyl (C=O) groups excluding carboxylic acids is 1. The van der Waals surface area contributed by atoms with Gasteiger partial charge in [-0.2, -0.15) is 17.7 Å². The maximum Gasteiger partial charge on any atom is 0.225 e. The number of fused-ring (bicyclic) bond motifs is 1. The maximum atomic E-state index is 11.7. The number of benzene rings is 2. The predicted molar refractivity (Wildman–Crippen MR) is 93.4 cm³/mol. The molecule has 0 aliphatic heterocycles. The van der Waals surface area contributed by atoms with E-state index in [2.05, 4.69) is 53.3 Å². The summed E-state index contributed by atoms with van der Waals surface area (Å²) in [5, 5.41) is 11.4. The van der Waals surface area contributed by atoms with Gasteiger partial charge in [-0.3, -0.25) is 9.89 Å². The number of amides is 1. The lowest BCUT2D eigenvalue weighted by Gasteiger charge is -2.06. The minimum Gasteiger partial charge on any atom is -0.326 e. The number of anilines is 1. The van der Waals surface area contributed by atoms with Crippen molar-refractivity contribution >= 4 is 35.1 Å². The lowest BCUT2D eigenvalue weighted by atomic mass is 10.1. The number of H-pyrrole nitrogens is 1. The summed E-state index contributed by atoms with van der Waals surface area (Å²) in [6, 6.07) is 13.9. The molecule has 0 saturated carbocycles. The first kappa shape index (κ1) is 14.7. The Balaban J connectivity index is 1.95. The first-order chi connectivity index (χ1) is 10.7. The highest BCUT2D eigenvalue weighted by atomic mass is 32.1. The molecule has 0 radical (unpaired) electrons. The molecule has 0 saturated heterocycles. The molecule has 0 aliphatic rings. The lowest BCUT2D eigenvalue weighted by Crippen LogP contribution is -2.11. The van der Waals surface area contributed by atoms with Crippen LogP contribution in [0.3, 0.4) is 0 Å². The molecule has 5 heteroatoms. The van der Waals surface area contributed by atoms with Gasteiger partial charge in [0.2, 0.25) is 5.91 Å². The van der Waals surface area contributed by atoms with Crippen molar-refractivity contribution in [2.75, 3.05) is 11.1 Å². The fourth-order valence-corrected chi connectivity index (χ4v) is 2.63. The van der Waals surface area contributed by atoms with Crippen LogP contribution < -0.4 is 5.32 Å². The SMILES string of the molecule is Cc1ccc2c(-c3cccc(NC(=O)CCS)c3)n[nH]c2c1. The van der Waals surface area contributed by atoms with Crippen molar-refractivity contribution in [3.05, 3.63) is 48.0 Å². The molecule has 0 atom stereocenters. The van der Waals surface area contributed by atoms with Gasteiger partial charge in [-0.1, -0.05) is 24.3 Å². The second-order valence-corrected chi connectivity index (χ2v) is 5.67. The van der Waals surface area contributed by atoms with Crippen LogP contribution in [0.2, 0.25) is 0 Å². The summed E-state index contributed by atoms with van der Waals surface area (Å²) < 4.78 is 0. The molecule has 0 unspecified atom stereocenters. The molecule has 0 aliphatic carbocycles. The smallest absolute Gasteiger partial charge is 0.225 e. The van der Waals surface area contributed by atoms with E-state index in [-0.39, 0.29) is 5.91 Å². The van der Waals surface area contributed by atoms with Crippen molar-refractivity contribution in [3.63, 3.8) is 0 Å². The highest BCUT2D eigenvalue weighted by Gasteiger charge is 2.09. The van der Waals surface area contributed by atoms with Crippen LogP contribution in [-0.4, -0.2) is 21.9 Å². The van der Waals surface area contributed by atoms with Crippen LogP contribution >= 0.6 is 12.6 Å². The van der Waals surface area contributed by atoms with Crippen molar-refractivity contribution in [3.8, 4) is 11.3 Å². The molecule has 0 spiro atoms. The number of aromatic nitrogens is 2. The van der Waals surface area contributed by atoms with Gasteiger partial charge in [0.25, 0.3) is 0 Å². The zero-order valence-corrected chi connectivity index (χ0v) is 13.2. The Labute approximate surface area is 134 Å². The summed E-state index contributed by atoms with van der Waals surface area (Å²) in [6.07, 6.45) is 0.401. The Bertz CT molecular complexity index is 826. The largest absolute Gasteiger partial charge is 0.326 e. The van der Waals surface area contributed by atoms with Crippen LogP contribution in [0.1, 0.15) is 12.0 Å². The Morgan fingerprint density at radius 3 is 2.95 bits per heavy atom. The molecule has 4 nitrogen and oxygen atoms in total. The minimum atomic E-state index is -0.0327. The summed E-state index contributed by atoms with van der Waals surface area (Å²) >= 11 is 4.07. The van der Waals surface area contributed by atoms with Crippen LogP contribution in [0.5, 0.6) is 0 Å². The average molecular weight is 311 g/mol. The monoisotopic (exact) mass is 311 g/mol. The van der Waals surface area contributed by atoms with E-state index >= 15 is 0 Å². The third-order valence-electron chi connectivity index (χ3n) is 3.48. The van der Waals surface area contributed by atoms with Gasteiger partial charge in [-0.05, 0) is 36.4 Å². The number of aromatic amines is 1. The second kappa shape index (κ2) is 6.23. The summed E-state index contributed by atoms with van der Waals surface area (Å²) in [7, 11) is 0. The zero-order valence-electron chi connectivity index (χ0n) is 12.3. The number of nitrogens with one attached hydrogen (secondary N) is 2. The van der Waals surface area contributed by atoms with Crippen LogP contribution in [0.15, 0.2) is 42.5 Å². The number of nitrogens with zero attached hydrogens (tertiary/aromatic N) is 1. The van der Waals surface area contributed by atoms with Gasteiger partial charge >= 0.3 is 0 Å². The molecular formula is C17H17N3OS. The van der Waals surface area contributed by atoms with Crippen molar-refractivity contribution in [2.45, 2.75) is 13.3 Å². The van der Waals surface area contributed by atoms with Gasteiger partial charge in [0.05, 0.1) is 11.2 Å². The molecule has 2 aromatic carbocycles. The fraction of sp³-hybridized carbons (Fsp3) is 0.176. The topological polar surface area (TPSA) is 57.8 Å². The summed E-state index contributed by atoms with van der Waals surface area (Å²) in [4.78, 5) is 11.7. The van der Waals surface area contributed by atoms with Crippen LogP contribution in [-0.2, 0) is 4.79 Å². The Morgan fingerprint density at radius 1 is 1.27 bits per heavy atom. The standard InChI is InChI=1S/C17H17N3OS/c1-11-5-6-14-15(9-11)19-20-17(14)12-3-2-4-13(10-12)18-16(21)7-8-22/h2-6,9-10,22H,7-8H2,1H3,(H,18,21)(H,19,20). The number of thiol groups is 1. The summed E-state index contributed by atoms with van der Waals surface area (Å²) in [6.45, 7) is 2.05. The van der Waals surface area contributed by atoms with E-state index in [1.54, 1.807) is 0 Å². The number of hydrogen-bond donors (Lipinski definition) is 3. The fourth-order valence-electron chi connectivity index (χ4n) is 2.42. The summed E-state index contributed by atoms with van der Waals surface area (Å²) in [5.41, 5.74) is 4.83. The molecule has 3 aromatic rings. The maximum absolute atomic E-state index is 11.7. The molecular weight excluding hydrogens is 294 g/mol. The van der Waals surface area contributed by atoms with Crippen molar-refractivity contribution in [2.24, 2.45) is 0 Å². The molecule has 0 fully saturated rings. The van der Waals surface area contributed by atoms with Crippen molar-refractivity contribution in [1.29, 1.82) is 0 Å². The Kier molecular flexibility index (Phi) is 4.15.